The van der Waals surface area contributed by atoms with Crippen LogP contribution >= 0.6 is 0 Å². The van der Waals surface area contributed by atoms with E-state index in [9.17, 15) is 35.1 Å². The number of phenolic OH excluding ortho intramolecular Hbond substituents is 2. The number of carbonyl (C=O) groups is 2. The van der Waals surface area contributed by atoms with Crippen molar-refractivity contribution in [3.05, 3.63) is 46.5 Å². The molecule has 2 aromatic carbocycles. The molecule has 7 heteroatoms. The zero-order chi connectivity index (χ0) is 19.2. The van der Waals surface area contributed by atoms with Crippen LogP contribution in [0, 0.1) is 0 Å². The van der Waals surface area contributed by atoms with Crippen molar-refractivity contribution in [2.75, 3.05) is 0 Å². The Kier molecular flexibility index (Phi) is 3.01. The summed E-state index contributed by atoms with van der Waals surface area (Å²) >= 11 is 0. The zero-order valence-corrected chi connectivity index (χ0v) is 14.0. The number of ketones is 2. The minimum absolute atomic E-state index is 0.0144. The number of aliphatic hydroxyl groups excluding tert-OH is 2. The number of aromatic hydroxyl groups is 2. The van der Waals surface area contributed by atoms with Crippen LogP contribution in [0.1, 0.15) is 50.6 Å². The summed E-state index contributed by atoms with van der Waals surface area (Å²) in [4.78, 5) is 25.0. The Morgan fingerprint density at radius 1 is 0.852 bits per heavy atom. The first-order valence-electron chi connectivity index (χ1n) is 8.64. The first-order chi connectivity index (χ1) is 12.8. The van der Waals surface area contributed by atoms with E-state index >= 15 is 0 Å². The van der Waals surface area contributed by atoms with Crippen LogP contribution in [0.5, 0.6) is 11.5 Å². The number of Topliss-reactive ketones (excluding diaryl/α,β-unsaturated/α-hetero) is 2. The summed E-state index contributed by atoms with van der Waals surface area (Å²) < 4.78 is 0. The van der Waals surface area contributed by atoms with Gasteiger partial charge >= 0.3 is 0 Å². The summed E-state index contributed by atoms with van der Waals surface area (Å²) in [6.07, 6.45) is -3.61. The molecule has 0 amide bonds. The summed E-state index contributed by atoms with van der Waals surface area (Å²) in [6.45, 7) is 0. The summed E-state index contributed by atoms with van der Waals surface area (Å²) in [5.74, 6) is -2.66. The predicted molar refractivity (Wildman–Crippen MR) is 91.8 cm³/mol. The van der Waals surface area contributed by atoms with Gasteiger partial charge in [-0.05, 0) is 28.8 Å². The van der Waals surface area contributed by atoms with E-state index in [1.165, 1.54) is 18.2 Å². The number of fused-ring (bicyclic) bond motifs is 2. The molecular weight excluding hydrogens is 352 g/mol. The summed E-state index contributed by atoms with van der Waals surface area (Å²) in [5, 5.41) is 53.5. The second-order valence-electron chi connectivity index (χ2n) is 7.44. The number of carbonyl (C=O) groups excluding carboxylic acids is 2. The van der Waals surface area contributed by atoms with Crippen LogP contribution in [0.15, 0.2) is 24.3 Å². The molecule has 0 saturated heterocycles. The normalized spacial score (nSPS) is 30.7. The Morgan fingerprint density at radius 2 is 1.44 bits per heavy atom. The summed E-state index contributed by atoms with van der Waals surface area (Å²) in [7, 11) is 0. The van der Waals surface area contributed by atoms with Gasteiger partial charge in [-0.3, -0.25) is 9.59 Å². The van der Waals surface area contributed by atoms with Gasteiger partial charge in [0, 0.05) is 24.3 Å². The predicted octanol–water partition coefficient (Wildman–Crippen LogP) is 0.944. The third-order valence-corrected chi connectivity index (χ3v) is 6.11. The van der Waals surface area contributed by atoms with Crippen molar-refractivity contribution in [3.8, 4) is 22.6 Å². The lowest BCUT2D eigenvalue weighted by Crippen LogP contribution is -2.56. The molecule has 0 aromatic heterocycles. The highest BCUT2D eigenvalue weighted by molar-refractivity contribution is 6.08. The van der Waals surface area contributed by atoms with E-state index in [0.717, 1.165) is 0 Å². The molecule has 0 unspecified atom stereocenters. The number of hydrogen-bond acceptors (Lipinski definition) is 7. The Balaban J connectivity index is 2.00. The molecule has 0 heterocycles. The molecule has 7 nitrogen and oxygen atoms in total. The third kappa shape index (κ3) is 1.76. The summed E-state index contributed by atoms with van der Waals surface area (Å²) in [6, 6.07) is 5.72. The smallest absolute Gasteiger partial charge is 0.169 e. The lowest BCUT2D eigenvalue weighted by atomic mass is 9.57. The Bertz CT molecular complexity index is 1060. The first-order valence-corrected chi connectivity index (χ1v) is 8.64. The fraction of sp³-hybridized carbons (Fsp3) is 0.300. The molecule has 3 aliphatic rings. The van der Waals surface area contributed by atoms with Crippen LogP contribution < -0.4 is 0 Å². The molecule has 0 saturated carbocycles. The molecule has 0 spiro atoms. The second kappa shape index (κ2) is 4.95. The molecule has 27 heavy (non-hydrogen) atoms. The number of aliphatic hydroxyl groups is 3. The van der Waals surface area contributed by atoms with Crippen LogP contribution in [-0.4, -0.2) is 49.3 Å². The first kappa shape index (κ1) is 16.4. The average Bonchev–Trinajstić information content (AvgIpc) is 2.59. The lowest BCUT2D eigenvalue weighted by Gasteiger charge is -2.51. The van der Waals surface area contributed by atoms with Gasteiger partial charge in [-0.1, -0.05) is 12.1 Å². The SMILES string of the molecule is O=C1C[C@@H](O)[C@H]2c3c(ccc(O)c31)-c1ccc(O)c3c1[C@]2(O)[C@@H](O)CC3=O. The third-order valence-electron chi connectivity index (χ3n) is 6.11. The molecular formula is C20H16O7. The molecule has 0 aliphatic heterocycles. The Hall–Kier alpha value is -2.74. The van der Waals surface area contributed by atoms with E-state index in [1.807, 2.05) is 0 Å². The molecule has 2 aromatic rings. The Morgan fingerprint density at radius 3 is 2.15 bits per heavy atom. The molecule has 0 fully saturated rings. The van der Waals surface area contributed by atoms with E-state index in [0.29, 0.717) is 11.1 Å². The molecule has 138 valence electrons. The van der Waals surface area contributed by atoms with Crippen molar-refractivity contribution >= 4 is 11.6 Å². The quantitative estimate of drug-likeness (QED) is 0.467. The van der Waals surface area contributed by atoms with E-state index < -0.39 is 41.7 Å². The molecule has 0 radical (unpaired) electrons. The van der Waals surface area contributed by atoms with Crippen molar-refractivity contribution < 1.29 is 35.1 Å². The van der Waals surface area contributed by atoms with E-state index in [-0.39, 0.29) is 40.2 Å². The van der Waals surface area contributed by atoms with Gasteiger partial charge in [0.25, 0.3) is 0 Å². The van der Waals surface area contributed by atoms with Crippen LogP contribution in [0.25, 0.3) is 11.1 Å². The van der Waals surface area contributed by atoms with Gasteiger partial charge in [-0.2, -0.15) is 0 Å². The van der Waals surface area contributed by atoms with Gasteiger partial charge in [-0.15, -0.1) is 0 Å². The lowest BCUT2D eigenvalue weighted by molar-refractivity contribution is -0.127. The monoisotopic (exact) mass is 368 g/mol. The van der Waals surface area contributed by atoms with Gasteiger partial charge in [0.05, 0.1) is 23.3 Å². The highest BCUT2D eigenvalue weighted by Gasteiger charge is 2.60. The van der Waals surface area contributed by atoms with Crippen molar-refractivity contribution in [1.29, 1.82) is 0 Å². The van der Waals surface area contributed by atoms with E-state index in [1.54, 1.807) is 6.07 Å². The van der Waals surface area contributed by atoms with E-state index in [2.05, 4.69) is 0 Å². The van der Waals surface area contributed by atoms with Gasteiger partial charge in [0.15, 0.2) is 11.6 Å². The van der Waals surface area contributed by atoms with Crippen molar-refractivity contribution in [2.45, 2.75) is 36.6 Å². The van der Waals surface area contributed by atoms with Gasteiger partial charge in [-0.25, -0.2) is 0 Å². The largest absolute Gasteiger partial charge is 0.507 e. The van der Waals surface area contributed by atoms with Crippen molar-refractivity contribution in [2.24, 2.45) is 0 Å². The van der Waals surface area contributed by atoms with Crippen molar-refractivity contribution in [3.63, 3.8) is 0 Å². The molecule has 0 bridgehead atoms. The maximum atomic E-state index is 12.5. The number of hydrogen-bond donors (Lipinski definition) is 5. The average molecular weight is 368 g/mol. The van der Waals surface area contributed by atoms with Crippen LogP contribution in [0.3, 0.4) is 0 Å². The number of rotatable bonds is 0. The second-order valence-corrected chi connectivity index (χ2v) is 7.44. The summed E-state index contributed by atoms with van der Waals surface area (Å²) in [5.41, 5.74) is -0.958. The molecule has 4 atom stereocenters. The maximum Gasteiger partial charge on any atom is 0.169 e. The van der Waals surface area contributed by atoms with Gasteiger partial charge in [0.1, 0.15) is 17.1 Å². The standard InChI is InChI=1S/C20H16O7/c21-9-3-1-7-8-2-4-10(22)17-12(24)6-14(26)20(27,18(8)17)19-13(25)5-11(23)16(9)15(7)19/h1-4,13-14,19,21-22,25-27H,5-6H2/t13-,14+,19+,20-/m1/s1. The van der Waals surface area contributed by atoms with Gasteiger partial charge < -0.3 is 25.5 Å². The highest BCUT2D eigenvalue weighted by Crippen LogP contribution is 2.60. The number of phenols is 2. The molecule has 5 N–H and O–H groups in total. The van der Waals surface area contributed by atoms with Crippen molar-refractivity contribution in [1.82, 2.24) is 0 Å². The molecule has 5 rings (SSSR count). The Labute approximate surface area is 153 Å². The fourth-order valence-corrected chi connectivity index (χ4v) is 5.05. The zero-order valence-electron chi connectivity index (χ0n) is 14.0. The van der Waals surface area contributed by atoms with Crippen LogP contribution in [0.2, 0.25) is 0 Å². The number of benzene rings is 2. The molecule has 3 aliphatic carbocycles. The minimum Gasteiger partial charge on any atom is -0.507 e. The highest BCUT2D eigenvalue weighted by atomic mass is 16.3. The van der Waals surface area contributed by atoms with Crippen LogP contribution in [-0.2, 0) is 5.60 Å². The minimum atomic E-state index is -2.08. The van der Waals surface area contributed by atoms with E-state index in [4.69, 9.17) is 0 Å². The fourth-order valence-electron chi connectivity index (χ4n) is 5.05. The maximum absolute atomic E-state index is 12.5. The topological polar surface area (TPSA) is 135 Å². The van der Waals surface area contributed by atoms with Crippen LogP contribution in [0.4, 0.5) is 0 Å². The van der Waals surface area contributed by atoms with Gasteiger partial charge in [0.2, 0.25) is 0 Å².